The number of anilines is 2. The second kappa shape index (κ2) is 9.77. The van der Waals surface area contributed by atoms with E-state index < -0.39 is 0 Å². The van der Waals surface area contributed by atoms with E-state index in [0.717, 1.165) is 56.6 Å². The van der Waals surface area contributed by atoms with E-state index in [-0.39, 0.29) is 17.2 Å². The number of carbonyl (C=O) groups is 1. The maximum atomic E-state index is 13.6. The third kappa shape index (κ3) is 4.62. The Balaban J connectivity index is 1.05. The van der Waals surface area contributed by atoms with E-state index in [9.17, 15) is 9.90 Å². The lowest BCUT2D eigenvalue weighted by molar-refractivity contribution is 0.0984. The fourth-order valence-electron chi connectivity index (χ4n) is 8.41. The highest BCUT2D eigenvalue weighted by molar-refractivity contribution is 7.98. The van der Waals surface area contributed by atoms with Gasteiger partial charge in [0.2, 0.25) is 5.88 Å². The number of fused-ring (bicyclic) bond motifs is 7. The summed E-state index contributed by atoms with van der Waals surface area (Å²) < 4.78 is 10.7. The van der Waals surface area contributed by atoms with Crippen LogP contribution < -0.4 is 19.7 Å². The van der Waals surface area contributed by atoms with E-state index in [1.807, 2.05) is 24.4 Å². The number of ether oxygens (including phenoxy) is 1. The molecule has 3 aliphatic carbocycles. The molecule has 3 N–H and O–H groups in total. The molecule has 1 amide bonds. The molecule has 1 unspecified atom stereocenters. The summed E-state index contributed by atoms with van der Waals surface area (Å²) in [4.78, 5) is 25.4. The summed E-state index contributed by atoms with van der Waals surface area (Å²) in [7, 11) is 0. The second-order valence-corrected chi connectivity index (χ2v) is 14.6. The van der Waals surface area contributed by atoms with Crippen LogP contribution in [0.25, 0.3) is 5.82 Å². The molecule has 11 heteroatoms. The number of rotatable bonds is 5. The van der Waals surface area contributed by atoms with Crippen LogP contribution in [0.3, 0.4) is 0 Å². The minimum atomic E-state index is -0.292. The lowest BCUT2D eigenvalue weighted by Crippen LogP contribution is -2.40. The Bertz CT molecular complexity index is 1560. The highest BCUT2D eigenvalue weighted by atomic mass is 32.2. The zero-order chi connectivity index (χ0) is 29.4. The monoisotopic (exact) mass is 601 g/mol. The van der Waals surface area contributed by atoms with Gasteiger partial charge in [-0.2, -0.15) is 0 Å². The first kappa shape index (κ1) is 27.1. The summed E-state index contributed by atoms with van der Waals surface area (Å²) in [5.41, 5.74) is 1.69. The Kier molecular flexibility index (Phi) is 6.16. The van der Waals surface area contributed by atoms with E-state index in [2.05, 4.69) is 33.8 Å². The van der Waals surface area contributed by atoms with Crippen molar-refractivity contribution >= 4 is 29.5 Å². The molecule has 10 nitrogen and oxygen atoms in total. The molecule has 4 fully saturated rings. The molecule has 43 heavy (non-hydrogen) atoms. The van der Waals surface area contributed by atoms with Crippen molar-refractivity contribution in [2.24, 2.45) is 22.7 Å². The van der Waals surface area contributed by atoms with Gasteiger partial charge in [-0.05, 0) is 112 Å². The van der Waals surface area contributed by atoms with Gasteiger partial charge in [-0.15, -0.1) is 5.10 Å². The number of amides is 1. The quantitative estimate of drug-likeness (QED) is 0.323. The molecule has 3 saturated carbocycles. The maximum absolute atomic E-state index is 13.6. The van der Waals surface area contributed by atoms with Crippen LogP contribution >= 0.6 is 11.9 Å². The smallest absolute Gasteiger partial charge is 0.265 e. The van der Waals surface area contributed by atoms with Gasteiger partial charge in [0.05, 0.1) is 12.2 Å². The molecule has 8 rings (SSSR count). The molecule has 2 aliphatic heterocycles. The third-order valence-electron chi connectivity index (χ3n) is 10.8. The number of carbonyl (C=O) groups excluding carboxylic acids is 1. The Morgan fingerprint density at radius 3 is 2.70 bits per heavy atom. The lowest BCUT2D eigenvalue weighted by Gasteiger charge is -2.34. The van der Waals surface area contributed by atoms with E-state index in [4.69, 9.17) is 14.8 Å². The highest BCUT2D eigenvalue weighted by Gasteiger charge is 2.85. The summed E-state index contributed by atoms with van der Waals surface area (Å²) in [5, 5.41) is 18.7. The van der Waals surface area contributed by atoms with Gasteiger partial charge < -0.3 is 20.1 Å². The standard InChI is InChI=1S/C32H39N7O3S/c1-30(2)18-20-4-3-15-33-24-7-6-22(40)29(34-24)43-37-28(41)21-5-8-25(35-27(21)38(30)19-20)39-16-9-26(36-39)42-17-10-23-31(11-12-31)32(23)13-14-32/h5-9,16,20,23,40H,3-4,10-15,17-19H2,1-2H3,(H,33,34)(H,37,41). The normalized spacial score (nSPS) is 24.5. The van der Waals surface area contributed by atoms with Gasteiger partial charge in [0.15, 0.2) is 10.8 Å². The molecular weight excluding hydrogens is 562 g/mol. The largest absolute Gasteiger partial charge is 0.505 e. The van der Waals surface area contributed by atoms with E-state index >= 15 is 0 Å². The van der Waals surface area contributed by atoms with E-state index in [0.29, 0.717) is 57.3 Å². The summed E-state index contributed by atoms with van der Waals surface area (Å²) in [6.07, 6.45) is 11.7. The van der Waals surface area contributed by atoms with Crippen LogP contribution in [-0.4, -0.2) is 56.0 Å². The number of nitrogens with one attached hydrogen (secondary N) is 2. The van der Waals surface area contributed by atoms with Gasteiger partial charge in [0.1, 0.15) is 17.4 Å². The van der Waals surface area contributed by atoms with Crippen LogP contribution in [0.4, 0.5) is 11.6 Å². The van der Waals surface area contributed by atoms with Gasteiger partial charge >= 0.3 is 0 Å². The summed E-state index contributed by atoms with van der Waals surface area (Å²) >= 11 is 1.00. The third-order valence-corrected chi connectivity index (χ3v) is 11.6. The van der Waals surface area contributed by atoms with Crippen LogP contribution in [-0.2, 0) is 0 Å². The molecule has 3 aromatic rings. The van der Waals surface area contributed by atoms with Crippen molar-refractivity contribution in [1.82, 2.24) is 24.5 Å². The van der Waals surface area contributed by atoms with Crippen LogP contribution in [0.2, 0.25) is 0 Å². The zero-order valence-electron chi connectivity index (χ0n) is 24.8. The fraction of sp³-hybridized carbons (Fsp3) is 0.562. The maximum Gasteiger partial charge on any atom is 0.265 e. The fourth-order valence-corrected chi connectivity index (χ4v) is 9.03. The summed E-state index contributed by atoms with van der Waals surface area (Å²) in [5.74, 6) is 3.61. The van der Waals surface area contributed by atoms with Crippen molar-refractivity contribution in [2.75, 3.05) is 29.9 Å². The van der Waals surface area contributed by atoms with Crippen molar-refractivity contribution in [2.45, 2.75) is 75.8 Å². The molecule has 4 bridgehead atoms. The predicted molar refractivity (Wildman–Crippen MR) is 165 cm³/mol. The first-order valence-electron chi connectivity index (χ1n) is 15.7. The van der Waals surface area contributed by atoms with Crippen LogP contribution in [0.15, 0.2) is 41.6 Å². The minimum absolute atomic E-state index is 0.0192. The van der Waals surface area contributed by atoms with Gasteiger partial charge in [0, 0.05) is 42.8 Å². The lowest BCUT2D eigenvalue weighted by atomic mass is 9.93. The first-order valence-corrected chi connectivity index (χ1v) is 16.5. The van der Waals surface area contributed by atoms with E-state index in [1.54, 1.807) is 16.8 Å². The van der Waals surface area contributed by atoms with Crippen LogP contribution in [0, 0.1) is 22.7 Å². The molecule has 0 radical (unpaired) electrons. The summed E-state index contributed by atoms with van der Waals surface area (Å²) in [6.45, 7) is 6.76. The number of nitrogens with zero attached hydrogens (tertiary/aromatic N) is 5. The Morgan fingerprint density at radius 1 is 1.09 bits per heavy atom. The molecule has 2 spiro atoms. The molecule has 5 heterocycles. The van der Waals surface area contributed by atoms with Gasteiger partial charge in [-0.1, -0.05) is 0 Å². The molecule has 0 aromatic carbocycles. The van der Waals surface area contributed by atoms with Gasteiger partial charge in [-0.25, -0.2) is 14.6 Å². The molecule has 1 atom stereocenters. The minimum Gasteiger partial charge on any atom is -0.505 e. The average Bonchev–Trinajstić information content (AvgIpc) is 3.94. The number of aromatic hydroxyl groups is 1. The molecule has 3 aromatic heterocycles. The number of aromatic nitrogens is 4. The predicted octanol–water partition coefficient (Wildman–Crippen LogP) is 5.57. The van der Waals surface area contributed by atoms with Crippen LogP contribution in [0.5, 0.6) is 11.6 Å². The molecule has 5 aliphatic rings. The number of hydrogen-bond donors (Lipinski definition) is 3. The van der Waals surface area contributed by atoms with Gasteiger partial charge in [-0.3, -0.25) is 9.52 Å². The first-order chi connectivity index (χ1) is 20.8. The van der Waals surface area contributed by atoms with Crippen molar-refractivity contribution in [3.05, 3.63) is 42.1 Å². The Morgan fingerprint density at radius 2 is 1.91 bits per heavy atom. The van der Waals surface area contributed by atoms with Gasteiger partial charge in [0.25, 0.3) is 5.91 Å². The SMILES string of the molecule is CC1(C)CC2CCCNc3ccc(O)c(n3)SNC(=O)c3ccc(-n4ccc(OCCC5C6(CC6)C56CC6)n4)nc3N1C2. The zero-order valence-corrected chi connectivity index (χ0v) is 25.6. The second-order valence-electron chi connectivity index (χ2n) is 13.8. The summed E-state index contributed by atoms with van der Waals surface area (Å²) in [6, 6.07) is 8.89. The molecular formula is C32H39N7O3S. The van der Waals surface area contributed by atoms with E-state index in [1.165, 1.54) is 25.7 Å². The topological polar surface area (TPSA) is 117 Å². The van der Waals surface area contributed by atoms with Crippen molar-refractivity contribution in [1.29, 1.82) is 0 Å². The van der Waals surface area contributed by atoms with Crippen molar-refractivity contribution in [3.63, 3.8) is 0 Å². The Labute approximate surface area is 256 Å². The number of hydrogen-bond acceptors (Lipinski definition) is 9. The van der Waals surface area contributed by atoms with Crippen LogP contribution in [0.1, 0.15) is 75.6 Å². The average molecular weight is 602 g/mol. The van der Waals surface area contributed by atoms with Crippen molar-refractivity contribution in [3.8, 4) is 17.4 Å². The molecule has 226 valence electrons. The Hall–Kier alpha value is -3.47. The number of pyridine rings is 2. The highest BCUT2D eigenvalue weighted by Crippen LogP contribution is 2.93. The van der Waals surface area contributed by atoms with Crippen molar-refractivity contribution < 1.29 is 14.6 Å². The molecule has 1 saturated heterocycles.